The Bertz CT molecular complexity index is 165. The third-order valence-electron chi connectivity index (χ3n) is 4.01. The zero-order valence-electron chi connectivity index (χ0n) is 11.1. The van der Waals surface area contributed by atoms with E-state index in [0.717, 1.165) is 17.8 Å². The molecule has 0 amide bonds. The summed E-state index contributed by atoms with van der Waals surface area (Å²) in [4.78, 5) is 0. The summed E-state index contributed by atoms with van der Waals surface area (Å²) in [6.07, 6.45) is 7.21. The second kappa shape index (κ2) is 6.52. The topological polar surface area (TPSA) is 12.0 Å². The quantitative estimate of drug-likeness (QED) is 0.704. The molecule has 3 atom stereocenters. The summed E-state index contributed by atoms with van der Waals surface area (Å²) in [7, 11) is 0. The molecule has 0 aliphatic heterocycles. The summed E-state index contributed by atoms with van der Waals surface area (Å²) in [6.45, 7) is 10.5. The maximum absolute atomic E-state index is 3.61. The molecule has 0 bridgehead atoms. The molecule has 1 fully saturated rings. The summed E-state index contributed by atoms with van der Waals surface area (Å²) in [6, 6.07) is 0.648. The average molecular weight is 211 g/mol. The highest BCUT2D eigenvalue weighted by Crippen LogP contribution is 2.36. The number of nitrogens with one attached hydrogen (secondary N) is 1. The summed E-state index contributed by atoms with van der Waals surface area (Å²) in [5.41, 5.74) is 0. The molecule has 0 saturated heterocycles. The van der Waals surface area contributed by atoms with E-state index in [1.807, 2.05) is 0 Å². The predicted octanol–water partition coefficient (Wildman–Crippen LogP) is 3.84. The molecular formula is C14H29N. The normalized spacial score (nSPS) is 28.6. The molecule has 0 aromatic heterocycles. The molecular weight excluding hydrogens is 182 g/mol. The Balaban J connectivity index is 2.29. The lowest BCUT2D eigenvalue weighted by molar-refractivity contribution is 0.294. The molecule has 0 radical (unpaired) electrons. The van der Waals surface area contributed by atoms with E-state index in [1.165, 1.54) is 38.6 Å². The molecule has 1 aliphatic rings. The molecule has 1 nitrogen and oxygen atoms in total. The van der Waals surface area contributed by atoms with E-state index in [9.17, 15) is 0 Å². The van der Waals surface area contributed by atoms with Crippen molar-refractivity contribution in [3.63, 3.8) is 0 Å². The van der Waals surface area contributed by atoms with E-state index >= 15 is 0 Å². The van der Waals surface area contributed by atoms with E-state index in [4.69, 9.17) is 0 Å². The van der Waals surface area contributed by atoms with E-state index < -0.39 is 0 Å². The van der Waals surface area contributed by atoms with Gasteiger partial charge < -0.3 is 5.32 Å². The van der Waals surface area contributed by atoms with Gasteiger partial charge in [-0.1, -0.05) is 47.0 Å². The first-order valence-corrected chi connectivity index (χ1v) is 6.86. The van der Waals surface area contributed by atoms with Crippen molar-refractivity contribution in [1.29, 1.82) is 0 Å². The largest absolute Gasteiger partial charge is 0.314 e. The van der Waals surface area contributed by atoms with Crippen molar-refractivity contribution in [2.75, 3.05) is 6.54 Å². The van der Waals surface area contributed by atoms with Crippen LogP contribution >= 0.6 is 0 Å². The van der Waals surface area contributed by atoms with Crippen molar-refractivity contribution >= 4 is 0 Å². The number of hydrogen-bond donors (Lipinski definition) is 1. The minimum Gasteiger partial charge on any atom is -0.314 e. The molecule has 0 aromatic carbocycles. The van der Waals surface area contributed by atoms with Crippen LogP contribution in [0.3, 0.4) is 0 Å². The van der Waals surface area contributed by atoms with Crippen molar-refractivity contribution in [2.45, 2.75) is 65.8 Å². The van der Waals surface area contributed by atoms with Crippen LogP contribution in [0.15, 0.2) is 0 Å². The first-order chi connectivity index (χ1) is 7.13. The molecule has 15 heavy (non-hydrogen) atoms. The Morgan fingerprint density at radius 3 is 2.40 bits per heavy atom. The van der Waals surface area contributed by atoms with Crippen LogP contribution in [-0.2, 0) is 0 Å². The van der Waals surface area contributed by atoms with Crippen molar-refractivity contribution in [3.05, 3.63) is 0 Å². The van der Waals surface area contributed by atoms with Crippen LogP contribution in [0.25, 0.3) is 0 Å². The Morgan fingerprint density at radius 1 is 1.13 bits per heavy atom. The smallest absolute Gasteiger partial charge is 0.00104 e. The van der Waals surface area contributed by atoms with Crippen molar-refractivity contribution < 1.29 is 0 Å². The number of rotatable bonds is 6. The molecule has 3 unspecified atom stereocenters. The molecule has 1 aliphatic carbocycles. The predicted molar refractivity (Wildman–Crippen MR) is 68.0 cm³/mol. The third-order valence-corrected chi connectivity index (χ3v) is 4.01. The monoisotopic (exact) mass is 211 g/mol. The van der Waals surface area contributed by atoms with E-state index in [2.05, 4.69) is 33.0 Å². The van der Waals surface area contributed by atoms with Crippen LogP contribution in [0.2, 0.25) is 0 Å². The van der Waals surface area contributed by atoms with Gasteiger partial charge in [-0.15, -0.1) is 0 Å². The zero-order chi connectivity index (χ0) is 11.3. The molecule has 0 spiro atoms. The van der Waals surface area contributed by atoms with Crippen LogP contribution in [-0.4, -0.2) is 12.6 Å². The van der Waals surface area contributed by atoms with E-state index in [1.54, 1.807) is 0 Å². The van der Waals surface area contributed by atoms with Crippen LogP contribution in [0.5, 0.6) is 0 Å². The Labute approximate surface area is 96.0 Å². The lowest BCUT2D eigenvalue weighted by atomic mass is 9.86. The minimum atomic E-state index is 0.648. The van der Waals surface area contributed by atoms with Gasteiger partial charge in [-0.2, -0.15) is 0 Å². The van der Waals surface area contributed by atoms with Gasteiger partial charge in [0.2, 0.25) is 0 Å². The molecule has 1 heteroatoms. The maximum Gasteiger partial charge on any atom is 0.00104 e. The summed E-state index contributed by atoms with van der Waals surface area (Å²) < 4.78 is 0. The molecule has 1 saturated carbocycles. The highest BCUT2D eigenvalue weighted by atomic mass is 14.9. The van der Waals surface area contributed by atoms with E-state index in [-0.39, 0.29) is 0 Å². The van der Waals surface area contributed by atoms with Crippen molar-refractivity contribution in [1.82, 2.24) is 5.32 Å². The summed E-state index contributed by atoms with van der Waals surface area (Å²) in [5.74, 6) is 2.89. The highest BCUT2D eigenvalue weighted by Gasteiger charge is 2.27. The molecule has 0 aromatic rings. The Kier molecular flexibility index (Phi) is 5.66. The molecule has 0 heterocycles. The fourth-order valence-corrected chi connectivity index (χ4v) is 2.76. The van der Waals surface area contributed by atoms with Gasteiger partial charge in [-0.25, -0.2) is 0 Å². The van der Waals surface area contributed by atoms with Crippen molar-refractivity contribution in [3.8, 4) is 0 Å². The van der Waals surface area contributed by atoms with Crippen LogP contribution < -0.4 is 5.32 Å². The van der Waals surface area contributed by atoms with Crippen LogP contribution in [0.4, 0.5) is 0 Å². The van der Waals surface area contributed by atoms with Gasteiger partial charge in [0.15, 0.2) is 0 Å². The molecule has 90 valence electrons. The molecule has 1 rings (SSSR count). The van der Waals surface area contributed by atoms with Gasteiger partial charge >= 0.3 is 0 Å². The molecule has 1 N–H and O–H groups in total. The lowest BCUT2D eigenvalue weighted by Gasteiger charge is -2.23. The van der Waals surface area contributed by atoms with E-state index in [0.29, 0.717) is 6.04 Å². The van der Waals surface area contributed by atoms with Crippen LogP contribution in [0, 0.1) is 17.8 Å². The van der Waals surface area contributed by atoms with Gasteiger partial charge in [-0.05, 0) is 37.1 Å². The standard InChI is InChI=1S/C14H29N/c1-5-12(4)9-13-7-6-8-14(13)10-15-11(2)3/h11-15H,5-10H2,1-4H3. The second-order valence-corrected chi connectivity index (χ2v) is 5.76. The van der Waals surface area contributed by atoms with Crippen molar-refractivity contribution in [2.24, 2.45) is 17.8 Å². The third kappa shape index (κ3) is 4.55. The first kappa shape index (κ1) is 13.0. The second-order valence-electron chi connectivity index (χ2n) is 5.76. The fraction of sp³-hybridized carbons (Fsp3) is 1.00. The maximum atomic E-state index is 3.61. The van der Waals surface area contributed by atoms with Gasteiger partial charge in [0.25, 0.3) is 0 Å². The number of hydrogen-bond acceptors (Lipinski definition) is 1. The highest BCUT2D eigenvalue weighted by molar-refractivity contribution is 4.80. The van der Waals surface area contributed by atoms with Gasteiger partial charge in [-0.3, -0.25) is 0 Å². The zero-order valence-corrected chi connectivity index (χ0v) is 11.1. The fourth-order valence-electron chi connectivity index (χ4n) is 2.76. The minimum absolute atomic E-state index is 0.648. The average Bonchev–Trinajstić information content (AvgIpc) is 2.62. The van der Waals surface area contributed by atoms with Gasteiger partial charge in [0.1, 0.15) is 0 Å². The van der Waals surface area contributed by atoms with Gasteiger partial charge in [0, 0.05) is 6.04 Å². The summed E-state index contributed by atoms with van der Waals surface area (Å²) in [5, 5.41) is 3.61. The Hall–Kier alpha value is -0.0400. The SMILES string of the molecule is CCC(C)CC1CCCC1CNC(C)C. The Morgan fingerprint density at radius 2 is 1.80 bits per heavy atom. The van der Waals surface area contributed by atoms with Crippen LogP contribution in [0.1, 0.15) is 59.8 Å². The summed E-state index contributed by atoms with van der Waals surface area (Å²) >= 11 is 0. The first-order valence-electron chi connectivity index (χ1n) is 6.86. The lowest BCUT2D eigenvalue weighted by Crippen LogP contribution is -2.31. The van der Waals surface area contributed by atoms with Gasteiger partial charge in [0.05, 0.1) is 0 Å².